The molecule has 0 saturated carbocycles. The molecule has 2 rings (SSSR count). The highest BCUT2D eigenvalue weighted by molar-refractivity contribution is 5.96. The second-order valence-electron chi connectivity index (χ2n) is 8.75. The lowest BCUT2D eigenvalue weighted by atomic mass is 9.92. The molecule has 0 radical (unpaired) electrons. The van der Waals surface area contributed by atoms with E-state index in [1.54, 1.807) is 20.8 Å². The summed E-state index contributed by atoms with van der Waals surface area (Å²) in [6.45, 7) is 9.51. The Bertz CT molecular complexity index is 693. The molecular weight excluding hydrogens is 358 g/mol. The zero-order chi connectivity index (χ0) is 20.9. The number of carbonyl (C=O) groups is 3. The molecular formula is C22H31NO5. The molecule has 1 fully saturated rings. The summed E-state index contributed by atoms with van der Waals surface area (Å²) in [6.07, 6.45) is 0.346. The van der Waals surface area contributed by atoms with Crippen molar-refractivity contribution < 1.29 is 23.9 Å². The number of carbonyl (C=O) groups excluding carboxylic acids is 3. The van der Waals surface area contributed by atoms with Gasteiger partial charge in [-0.25, -0.2) is 9.69 Å². The monoisotopic (exact) mass is 389 g/mol. The molecule has 154 valence electrons. The zero-order valence-electron chi connectivity index (χ0n) is 17.4. The molecule has 0 spiro atoms. The summed E-state index contributed by atoms with van der Waals surface area (Å²) in [7, 11) is 0. The predicted molar refractivity (Wildman–Crippen MR) is 106 cm³/mol. The molecule has 0 unspecified atom stereocenters. The van der Waals surface area contributed by atoms with E-state index in [4.69, 9.17) is 9.47 Å². The van der Waals surface area contributed by atoms with Crippen LogP contribution in [0.5, 0.6) is 0 Å². The third-order valence-electron chi connectivity index (χ3n) is 4.45. The molecule has 0 N–H and O–H groups in total. The molecule has 1 aliphatic heterocycles. The van der Waals surface area contributed by atoms with Gasteiger partial charge in [-0.2, -0.15) is 0 Å². The average Bonchev–Trinajstić information content (AvgIpc) is 2.93. The van der Waals surface area contributed by atoms with Crippen molar-refractivity contribution in [1.82, 2.24) is 4.90 Å². The van der Waals surface area contributed by atoms with Crippen LogP contribution in [0.2, 0.25) is 0 Å². The van der Waals surface area contributed by atoms with Crippen LogP contribution in [0.3, 0.4) is 0 Å². The third kappa shape index (κ3) is 6.36. The normalized spacial score (nSPS) is 18.1. The number of imide groups is 1. The van der Waals surface area contributed by atoms with Crippen molar-refractivity contribution in [3.05, 3.63) is 35.9 Å². The van der Waals surface area contributed by atoms with Gasteiger partial charge in [0.05, 0.1) is 12.5 Å². The Hall–Kier alpha value is -2.37. The molecule has 1 aromatic carbocycles. The second kappa shape index (κ2) is 9.22. The van der Waals surface area contributed by atoms with Crippen molar-refractivity contribution in [1.29, 1.82) is 0 Å². The molecule has 1 aliphatic rings. The Morgan fingerprint density at radius 2 is 1.86 bits per heavy atom. The van der Waals surface area contributed by atoms with Crippen LogP contribution in [0.15, 0.2) is 30.3 Å². The first-order chi connectivity index (χ1) is 13.1. The fourth-order valence-electron chi connectivity index (χ4n) is 3.39. The first-order valence-electron chi connectivity index (χ1n) is 9.82. The minimum Gasteiger partial charge on any atom is -0.460 e. The first kappa shape index (κ1) is 21.9. The fourth-order valence-corrected chi connectivity index (χ4v) is 3.39. The lowest BCUT2D eigenvalue weighted by Gasteiger charge is -2.27. The summed E-state index contributed by atoms with van der Waals surface area (Å²) >= 11 is 0. The molecule has 1 saturated heterocycles. The zero-order valence-corrected chi connectivity index (χ0v) is 17.4. The Kier molecular flexibility index (Phi) is 7.22. The van der Waals surface area contributed by atoms with Crippen LogP contribution < -0.4 is 0 Å². The van der Waals surface area contributed by atoms with Gasteiger partial charge < -0.3 is 9.47 Å². The Labute approximate surface area is 167 Å². The van der Waals surface area contributed by atoms with E-state index in [0.717, 1.165) is 5.56 Å². The van der Waals surface area contributed by atoms with Gasteiger partial charge in [-0.15, -0.1) is 0 Å². The van der Waals surface area contributed by atoms with E-state index in [-0.39, 0.29) is 30.9 Å². The first-order valence-corrected chi connectivity index (χ1v) is 9.82. The Morgan fingerprint density at radius 1 is 1.21 bits per heavy atom. The number of cyclic esters (lactones) is 1. The van der Waals surface area contributed by atoms with E-state index in [0.29, 0.717) is 12.8 Å². The summed E-state index contributed by atoms with van der Waals surface area (Å²) in [5.41, 5.74) is 0.404. The largest absolute Gasteiger partial charge is 0.460 e. The fraction of sp³-hybridized carbons (Fsp3) is 0.591. The van der Waals surface area contributed by atoms with Crippen LogP contribution in [0.25, 0.3) is 0 Å². The van der Waals surface area contributed by atoms with Gasteiger partial charge in [-0.3, -0.25) is 9.59 Å². The SMILES string of the molecule is CC(C)C[C@@H](CC(=O)OC(C)(C)C)C(=O)N1C(=O)OC[C@H]1Cc1ccccc1. The van der Waals surface area contributed by atoms with E-state index in [2.05, 4.69) is 0 Å². The summed E-state index contributed by atoms with van der Waals surface area (Å²) in [6, 6.07) is 9.31. The predicted octanol–water partition coefficient (Wildman–Crippen LogP) is 3.97. The second-order valence-corrected chi connectivity index (χ2v) is 8.75. The van der Waals surface area contributed by atoms with Gasteiger partial charge in [-0.1, -0.05) is 44.2 Å². The number of rotatable bonds is 7. The summed E-state index contributed by atoms with van der Waals surface area (Å²) in [5, 5.41) is 0. The molecule has 2 atom stereocenters. The lowest BCUT2D eigenvalue weighted by molar-refractivity contribution is -0.158. The van der Waals surface area contributed by atoms with Crippen molar-refractivity contribution in [2.24, 2.45) is 11.8 Å². The molecule has 0 aromatic heterocycles. The highest BCUT2D eigenvalue weighted by Crippen LogP contribution is 2.26. The molecule has 6 heteroatoms. The van der Waals surface area contributed by atoms with Gasteiger partial charge in [0, 0.05) is 5.92 Å². The van der Waals surface area contributed by atoms with Gasteiger partial charge in [0.2, 0.25) is 5.91 Å². The summed E-state index contributed by atoms with van der Waals surface area (Å²) in [4.78, 5) is 39.0. The van der Waals surface area contributed by atoms with Crippen molar-refractivity contribution in [3.63, 3.8) is 0 Å². The standard InChI is InChI=1S/C22H31NO5/c1-15(2)11-17(13-19(24)28-22(3,4)5)20(25)23-18(14-27-21(23)26)12-16-9-7-6-8-10-16/h6-10,15,17-18H,11-14H2,1-5H3/t17-,18+/m0/s1. The molecule has 28 heavy (non-hydrogen) atoms. The molecule has 6 nitrogen and oxygen atoms in total. The number of amides is 2. The maximum absolute atomic E-state index is 13.2. The third-order valence-corrected chi connectivity index (χ3v) is 4.45. The minimum absolute atomic E-state index is 0.0455. The highest BCUT2D eigenvalue weighted by Gasteiger charge is 2.41. The average molecular weight is 389 g/mol. The van der Waals surface area contributed by atoms with Crippen molar-refractivity contribution >= 4 is 18.0 Å². The van der Waals surface area contributed by atoms with Gasteiger partial charge in [0.1, 0.15) is 12.2 Å². The Morgan fingerprint density at radius 3 is 2.43 bits per heavy atom. The van der Waals surface area contributed by atoms with Crippen LogP contribution >= 0.6 is 0 Å². The van der Waals surface area contributed by atoms with Gasteiger partial charge in [-0.05, 0) is 45.1 Å². The van der Waals surface area contributed by atoms with Crippen molar-refractivity contribution in [3.8, 4) is 0 Å². The number of hydrogen-bond donors (Lipinski definition) is 0. The molecule has 0 bridgehead atoms. The van der Waals surface area contributed by atoms with E-state index >= 15 is 0 Å². The van der Waals surface area contributed by atoms with Gasteiger partial charge >= 0.3 is 12.1 Å². The number of nitrogens with zero attached hydrogens (tertiary/aromatic N) is 1. The highest BCUT2D eigenvalue weighted by atomic mass is 16.6. The lowest BCUT2D eigenvalue weighted by Crippen LogP contribution is -2.44. The van der Waals surface area contributed by atoms with E-state index in [9.17, 15) is 14.4 Å². The van der Waals surface area contributed by atoms with E-state index in [1.807, 2.05) is 44.2 Å². The van der Waals surface area contributed by atoms with E-state index in [1.165, 1.54) is 4.90 Å². The van der Waals surface area contributed by atoms with Crippen molar-refractivity contribution in [2.45, 2.75) is 65.5 Å². The van der Waals surface area contributed by atoms with Crippen LogP contribution in [-0.2, 0) is 25.5 Å². The maximum Gasteiger partial charge on any atom is 0.416 e. The van der Waals surface area contributed by atoms with E-state index < -0.39 is 23.6 Å². The molecule has 1 heterocycles. The summed E-state index contributed by atoms with van der Waals surface area (Å²) < 4.78 is 10.5. The minimum atomic E-state index is -0.635. The number of ether oxygens (including phenoxy) is 2. The topological polar surface area (TPSA) is 72.9 Å². The number of esters is 1. The van der Waals surface area contributed by atoms with Gasteiger partial charge in [0.25, 0.3) is 0 Å². The number of hydrogen-bond acceptors (Lipinski definition) is 5. The van der Waals surface area contributed by atoms with Gasteiger partial charge in [0.15, 0.2) is 0 Å². The Balaban J connectivity index is 2.15. The summed E-state index contributed by atoms with van der Waals surface area (Å²) in [5.74, 6) is -1.21. The quantitative estimate of drug-likeness (QED) is 0.660. The molecule has 0 aliphatic carbocycles. The smallest absolute Gasteiger partial charge is 0.416 e. The van der Waals surface area contributed by atoms with Crippen LogP contribution in [-0.4, -0.2) is 41.1 Å². The van der Waals surface area contributed by atoms with Crippen LogP contribution in [0, 0.1) is 11.8 Å². The molecule has 1 aromatic rings. The van der Waals surface area contributed by atoms with Crippen LogP contribution in [0.4, 0.5) is 4.79 Å². The number of benzene rings is 1. The maximum atomic E-state index is 13.2. The molecule has 2 amide bonds. The van der Waals surface area contributed by atoms with Crippen LogP contribution in [0.1, 0.15) is 53.0 Å². The van der Waals surface area contributed by atoms with Crippen molar-refractivity contribution in [2.75, 3.05) is 6.61 Å².